The number of hydrogen-bond donors (Lipinski definition) is 1. The van der Waals surface area contributed by atoms with E-state index in [-0.39, 0.29) is 5.95 Å². The van der Waals surface area contributed by atoms with E-state index in [2.05, 4.69) is 43.7 Å². The molecule has 0 amide bonds. The molecular weight excluding hydrogens is 256 g/mol. The molecule has 1 saturated heterocycles. The molecule has 2 aromatic rings. The lowest BCUT2D eigenvalue weighted by Crippen LogP contribution is -2.50. The summed E-state index contributed by atoms with van der Waals surface area (Å²) < 4.78 is 1.72. The maximum absolute atomic E-state index is 5.80. The molecule has 3 rings (SSSR count). The number of aromatic nitrogens is 5. The molecule has 1 fully saturated rings. The van der Waals surface area contributed by atoms with E-state index in [1.54, 1.807) is 23.3 Å². The molecule has 1 unspecified atom stereocenters. The third-order valence-electron chi connectivity index (χ3n) is 3.61. The summed E-state index contributed by atoms with van der Waals surface area (Å²) in [6, 6.07) is 0.457. The van der Waals surface area contributed by atoms with Crippen LogP contribution in [0.2, 0.25) is 0 Å². The first-order chi connectivity index (χ1) is 9.63. The van der Waals surface area contributed by atoms with Crippen LogP contribution < -0.4 is 10.6 Å². The van der Waals surface area contributed by atoms with Gasteiger partial charge in [-0.15, -0.1) is 0 Å². The van der Waals surface area contributed by atoms with E-state index >= 15 is 0 Å². The Morgan fingerprint density at radius 1 is 1.20 bits per heavy atom. The van der Waals surface area contributed by atoms with E-state index in [1.807, 2.05) is 0 Å². The van der Waals surface area contributed by atoms with Crippen LogP contribution in [0.15, 0.2) is 18.7 Å². The van der Waals surface area contributed by atoms with Crippen LogP contribution in [0.1, 0.15) is 6.92 Å². The van der Waals surface area contributed by atoms with Crippen LogP contribution in [0.25, 0.3) is 5.95 Å². The summed E-state index contributed by atoms with van der Waals surface area (Å²) >= 11 is 0. The van der Waals surface area contributed by atoms with Crippen LogP contribution in [-0.2, 0) is 0 Å². The fourth-order valence-electron chi connectivity index (χ4n) is 2.23. The highest BCUT2D eigenvalue weighted by Crippen LogP contribution is 2.16. The van der Waals surface area contributed by atoms with Gasteiger partial charge in [0.15, 0.2) is 0 Å². The van der Waals surface area contributed by atoms with E-state index in [9.17, 15) is 0 Å². The van der Waals surface area contributed by atoms with Gasteiger partial charge in [-0.2, -0.15) is 15.0 Å². The Morgan fingerprint density at radius 2 is 2.00 bits per heavy atom. The molecule has 0 spiro atoms. The summed E-state index contributed by atoms with van der Waals surface area (Å²) in [6.45, 7) is 4.93. The van der Waals surface area contributed by atoms with Gasteiger partial charge < -0.3 is 15.5 Å². The summed E-state index contributed by atoms with van der Waals surface area (Å²) in [4.78, 5) is 21.3. The molecule has 1 atom stereocenters. The van der Waals surface area contributed by atoms with Crippen molar-refractivity contribution < 1.29 is 0 Å². The molecule has 2 N–H and O–H groups in total. The SMILES string of the molecule is CC1CN(c2nc(N)nc(-n3ccnc3)n2)CCN1C. The predicted molar refractivity (Wildman–Crippen MR) is 75.7 cm³/mol. The normalized spacial score (nSPS) is 20.3. The maximum atomic E-state index is 5.80. The maximum Gasteiger partial charge on any atom is 0.241 e. The number of piperazine rings is 1. The van der Waals surface area contributed by atoms with Gasteiger partial charge in [-0.3, -0.25) is 4.57 Å². The monoisotopic (exact) mass is 274 g/mol. The van der Waals surface area contributed by atoms with E-state index in [0.29, 0.717) is 17.9 Å². The molecule has 1 aliphatic heterocycles. The number of anilines is 2. The van der Waals surface area contributed by atoms with Crippen molar-refractivity contribution in [1.29, 1.82) is 0 Å². The largest absolute Gasteiger partial charge is 0.368 e. The minimum absolute atomic E-state index is 0.227. The quantitative estimate of drug-likeness (QED) is 0.809. The molecule has 20 heavy (non-hydrogen) atoms. The van der Waals surface area contributed by atoms with Crippen LogP contribution in [0.4, 0.5) is 11.9 Å². The first-order valence-corrected chi connectivity index (χ1v) is 6.58. The number of rotatable bonds is 2. The number of nitrogens with zero attached hydrogens (tertiary/aromatic N) is 7. The summed E-state index contributed by atoms with van der Waals surface area (Å²) in [7, 11) is 2.13. The van der Waals surface area contributed by atoms with E-state index in [1.165, 1.54) is 0 Å². The van der Waals surface area contributed by atoms with Crippen LogP contribution in [0, 0.1) is 0 Å². The van der Waals surface area contributed by atoms with Crippen molar-refractivity contribution in [3.05, 3.63) is 18.7 Å². The highest BCUT2D eigenvalue weighted by molar-refractivity contribution is 5.38. The van der Waals surface area contributed by atoms with Crippen molar-refractivity contribution >= 4 is 11.9 Å². The first kappa shape index (κ1) is 12.8. The molecule has 8 nitrogen and oxygen atoms in total. The standard InChI is InChI=1S/C12H18N8/c1-9-7-19(6-5-18(9)2)11-15-10(13)16-12(17-11)20-4-3-14-8-20/h3-4,8-9H,5-7H2,1-2H3,(H2,13,15,16,17). The van der Waals surface area contributed by atoms with E-state index in [4.69, 9.17) is 5.73 Å². The zero-order chi connectivity index (χ0) is 14.1. The van der Waals surface area contributed by atoms with Gasteiger partial charge in [-0.05, 0) is 14.0 Å². The Bertz CT molecular complexity index is 581. The predicted octanol–water partition coefficient (Wildman–Crippen LogP) is -0.220. The molecule has 0 saturated carbocycles. The molecule has 2 aromatic heterocycles. The lowest BCUT2D eigenvalue weighted by atomic mass is 10.2. The second-order valence-electron chi connectivity index (χ2n) is 5.04. The number of imidazole rings is 1. The van der Waals surface area contributed by atoms with Gasteiger partial charge in [0, 0.05) is 38.1 Å². The van der Waals surface area contributed by atoms with Crippen molar-refractivity contribution in [3.8, 4) is 5.95 Å². The zero-order valence-electron chi connectivity index (χ0n) is 11.6. The van der Waals surface area contributed by atoms with Crippen molar-refractivity contribution in [2.75, 3.05) is 37.3 Å². The van der Waals surface area contributed by atoms with E-state index in [0.717, 1.165) is 19.6 Å². The van der Waals surface area contributed by atoms with Gasteiger partial charge in [0.05, 0.1) is 0 Å². The topological polar surface area (TPSA) is 89.0 Å². The van der Waals surface area contributed by atoms with Crippen molar-refractivity contribution in [3.63, 3.8) is 0 Å². The average Bonchev–Trinajstić information content (AvgIpc) is 2.95. The van der Waals surface area contributed by atoms with Crippen LogP contribution in [0.5, 0.6) is 0 Å². The lowest BCUT2D eigenvalue weighted by Gasteiger charge is -2.37. The average molecular weight is 274 g/mol. The molecule has 3 heterocycles. The molecule has 1 aliphatic rings. The van der Waals surface area contributed by atoms with Gasteiger partial charge in [-0.1, -0.05) is 0 Å². The van der Waals surface area contributed by atoms with Gasteiger partial charge in [0.1, 0.15) is 6.33 Å². The summed E-state index contributed by atoms with van der Waals surface area (Å²) in [5, 5.41) is 0. The Labute approximate surface area is 117 Å². The minimum Gasteiger partial charge on any atom is -0.368 e. The molecule has 106 valence electrons. The third kappa shape index (κ3) is 2.42. The third-order valence-corrected chi connectivity index (χ3v) is 3.61. The summed E-state index contributed by atoms with van der Waals surface area (Å²) in [6.07, 6.45) is 5.11. The van der Waals surface area contributed by atoms with Crippen molar-refractivity contribution in [2.24, 2.45) is 0 Å². The van der Waals surface area contributed by atoms with Crippen LogP contribution >= 0.6 is 0 Å². The second kappa shape index (κ2) is 5.04. The smallest absolute Gasteiger partial charge is 0.241 e. The fraction of sp³-hybridized carbons (Fsp3) is 0.500. The molecule has 0 radical (unpaired) electrons. The minimum atomic E-state index is 0.227. The van der Waals surface area contributed by atoms with Crippen LogP contribution in [-0.4, -0.2) is 62.1 Å². The Kier molecular flexibility index (Phi) is 3.23. The molecule has 0 aromatic carbocycles. The van der Waals surface area contributed by atoms with Gasteiger partial charge in [0.25, 0.3) is 0 Å². The van der Waals surface area contributed by atoms with Crippen molar-refractivity contribution in [1.82, 2.24) is 29.4 Å². The Hall–Kier alpha value is -2.22. The van der Waals surface area contributed by atoms with Gasteiger partial charge >= 0.3 is 0 Å². The van der Waals surface area contributed by atoms with E-state index < -0.39 is 0 Å². The molecule has 8 heteroatoms. The zero-order valence-corrected chi connectivity index (χ0v) is 11.6. The number of hydrogen-bond acceptors (Lipinski definition) is 7. The molecule has 0 bridgehead atoms. The molecular formula is C12H18N8. The highest BCUT2D eigenvalue weighted by Gasteiger charge is 2.23. The van der Waals surface area contributed by atoms with Gasteiger partial charge in [-0.25, -0.2) is 4.98 Å². The fourth-order valence-corrected chi connectivity index (χ4v) is 2.23. The lowest BCUT2D eigenvalue weighted by molar-refractivity contribution is 0.232. The second-order valence-corrected chi connectivity index (χ2v) is 5.04. The van der Waals surface area contributed by atoms with Crippen LogP contribution in [0.3, 0.4) is 0 Å². The number of likely N-dealkylation sites (N-methyl/N-ethyl adjacent to an activating group) is 1. The number of nitrogen functional groups attached to an aromatic ring is 1. The Morgan fingerprint density at radius 3 is 2.70 bits per heavy atom. The molecule has 0 aliphatic carbocycles. The Balaban J connectivity index is 1.90. The van der Waals surface area contributed by atoms with Gasteiger partial charge in [0.2, 0.25) is 17.8 Å². The summed E-state index contributed by atoms with van der Waals surface area (Å²) in [5.41, 5.74) is 5.80. The highest BCUT2D eigenvalue weighted by atomic mass is 15.4. The van der Waals surface area contributed by atoms with Crippen molar-refractivity contribution in [2.45, 2.75) is 13.0 Å². The summed E-state index contributed by atoms with van der Waals surface area (Å²) in [5.74, 6) is 1.35. The number of nitrogens with two attached hydrogens (primary N) is 1. The first-order valence-electron chi connectivity index (χ1n) is 6.58.